The summed E-state index contributed by atoms with van der Waals surface area (Å²) in [6.07, 6.45) is -0.503. The first-order valence-corrected chi connectivity index (χ1v) is 5.88. The third kappa shape index (κ3) is 5.00. The molecule has 18 heavy (non-hydrogen) atoms. The van der Waals surface area contributed by atoms with Gasteiger partial charge < -0.3 is 10.4 Å². The van der Waals surface area contributed by atoms with Crippen LogP contribution in [0.5, 0.6) is 0 Å². The summed E-state index contributed by atoms with van der Waals surface area (Å²) in [5, 5.41) is 11.9. The Kier molecular flexibility index (Phi) is 5.53. The summed E-state index contributed by atoms with van der Waals surface area (Å²) in [5.41, 5.74) is 0.369. The van der Waals surface area contributed by atoms with E-state index < -0.39 is 11.9 Å². The van der Waals surface area contributed by atoms with Crippen molar-refractivity contribution in [3.8, 4) is 0 Å². The third-order valence-corrected chi connectivity index (χ3v) is 2.51. The van der Waals surface area contributed by atoms with Crippen LogP contribution in [0, 0.1) is 5.82 Å². The molecule has 0 aliphatic heterocycles. The van der Waals surface area contributed by atoms with E-state index in [-0.39, 0.29) is 17.5 Å². The highest BCUT2D eigenvalue weighted by Crippen LogP contribution is 2.22. The van der Waals surface area contributed by atoms with Crippen LogP contribution in [0.15, 0.2) is 18.2 Å². The number of halogens is 2. The monoisotopic (exact) mass is 274 g/mol. The lowest BCUT2D eigenvalue weighted by atomic mass is 10.3. The van der Waals surface area contributed by atoms with Crippen LogP contribution in [0.1, 0.15) is 6.92 Å². The number of benzene rings is 1. The molecule has 1 rings (SSSR count). The second-order valence-electron chi connectivity index (χ2n) is 4.22. The smallest absolute Gasteiger partial charge is 0.238 e. The Morgan fingerprint density at radius 2 is 2.28 bits per heavy atom. The highest BCUT2D eigenvalue weighted by atomic mass is 35.5. The van der Waals surface area contributed by atoms with Crippen LogP contribution in [-0.2, 0) is 4.79 Å². The minimum absolute atomic E-state index is 0.124. The van der Waals surface area contributed by atoms with E-state index in [1.54, 1.807) is 18.9 Å². The predicted molar refractivity (Wildman–Crippen MR) is 69.2 cm³/mol. The van der Waals surface area contributed by atoms with Crippen LogP contribution in [0.25, 0.3) is 0 Å². The summed E-state index contributed by atoms with van der Waals surface area (Å²) >= 11 is 5.79. The number of nitrogens with zero attached hydrogens (tertiary/aromatic N) is 1. The van der Waals surface area contributed by atoms with Gasteiger partial charge in [-0.15, -0.1) is 0 Å². The molecule has 0 spiro atoms. The lowest BCUT2D eigenvalue weighted by Crippen LogP contribution is -2.34. The average Bonchev–Trinajstić information content (AvgIpc) is 2.20. The molecule has 1 unspecified atom stereocenters. The van der Waals surface area contributed by atoms with Crippen LogP contribution in [0.2, 0.25) is 5.02 Å². The molecule has 0 bridgehead atoms. The zero-order valence-electron chi connectivity index (χ0n) is 10.3. The molecule has 0 fully saturated rings. The maximum atomic E-state index is 12.8. The molecule has 6 heteroatoms. The van der Waals surface area contributed by atoms with E-state index >= 15 is 0 Å². The highest BCUT2D eigenvalue weighted by molar-refractivity contribution is 6.33. The zero-order chi connectivity index (χ0) is 13.7. The van der Waals surface area contributed by atoms with Crippen LogP contribution in [0.3, 0.4) is 0 Å². The lowest BCUT2D eigenvalue weighted by Gasteiger charge is -2.17. The number of rotatable bonds is 5. The predicted octanol–water partition coefficient (Wildman–Crippen LogP) is 1.73. The van der Waals surface area contributed by atoms with Crippen molar-refractivity contribution in [1.82, 2.24) is 4.90 Å². The number of aliphatic hydroxyl groups excluding tert-OH is 1. The number of amides is 1. The maximum absolute atomic E-state index is 12.8. The molecule has 0 saturated carbocycles. The first kappa shape index (κ1) is 14.9. The van der Waals surface area contributed by atoms with Crippen molar-refractivity contribution >= 4 is 23.2 Å². The Bertz CT molecular complexity index is 427. The Morgan fingerprint density at radius 1 is 1.61 bits per heavy atom. The van der Waals surface area contributed by atoms with Crippen molar-refractivity contribution in [2.75, 3.05) is 25.5 Å². The van der Waals surface area contributed by atoms with Crippen molar-refractivity contribution in [1.29, 1.82) is 0 Å². The van der Waals surface area contributed by atoms with Gasteiger partial charge in [-0.25, -0.2) is 4.39 Å². The van der Waals surface area contributed by atoms with Gasteiger partial charge in [0.05, 0.1) is 23.4 Å². The lowest BCUT2D eigenvalue weighted by molar-refractivity contribution is -0.117. The Balaban J connectivity index is 2.54. The Labute approximate surface area is 110 Å². The molecule has 0 aliphatic rings. The standard InChI is InChI=1S/C12H16ClFN2O2/c1-8(17)6-16(2)7-12(18)15-11-4-3-9(14)5-10(11)13/h3-5,8,17H,6-7H2,1-2H3,(H,15,18). The van der Waals surface area contributed by atoms with E-state index in [1.165, 1.54) is 12.1 Å². The summed E-state index contributed by atoms with van der Waals surface area (Å²) in [6, 6.07) is 3.77. The molecule has 2 N–H and O–H groups in total. The summed E-state index contributed by atoms with van der Waals surface area (Å²) in [4.78, 5) is 13.3. The molecule has 1 aromatic rings. The van der Waals surface area contributed by atoms with Gasteiger partial charge in [0.2, 0.25) is 5.91 Å². The van der Waals surface area contributed by atoms with Crippen LogP contribution in [-0.4, -0.2) is 42.2 Å². The van der Waals surface area contributed by atoms with E-state index in [0.29, 0.717) is 12.2 Å². The van der Waals surface area contributed by atoms with Crippen LogP contribution in [0.4, 0.5) is 10.1 Å². The van der Waals surface area contributed by atoms with Gasteiger partial charge in [0.1, 0.15) is 5.82 Å². The molecule has 100 valence electrons. The first-order valence-electron chi connectivity index (χ1n) is 5.50. The largest absolute Gasteiger partial charge is 0.392 e. The first-order chi connectivity index (χ1) is 8.38. The van der Waals surface area contributed by atoms with Crippen molar-refractivity contribution in [2.24, 2.45) is 0 Å². The van der Waals surface area contributed by atoms with Gasteiger partial charge in [-0.3, -0.25) is 9.69 Å². The number of hydrogen-bond acceptors (Lipinski definition) is 3. The molecule has 1 atom stereocenters. The van der Waals surface area contributed by atoms with Gasteiger partial charge >= 0.3 is 0 Å². The van der Waals surface area contributed by atoms with Crippen LogP contribution >= 0.6 is 11.6 Å². The van der Waals surface area contributed by atoms with Crippen molar-refractivity contribution < 1.29 is 14.3 Å². The fraction of sp³-hybridized carbons (Fsp3) is 0.417. The van der Waals surface area contributed by atoms with Gasteiger partial charge in [0, 0.05) is 6.54 Å². The molecule has 0 saturated heterocycles. The second-order valence-corrected chi connectivity index (χ2v) is 4.63. The third-order valence-electron chi connectivity index (χ3n) is 2.19. The molecule has 0 aromatic heterocycles. The molecule has 0 aliphatic carbocycles. The van der Waals surface area contributed by atoms with E-state index in [4.69, 9.17) is 16.7 Å². The molecular weight excluding hydrogens is 259 g/mol. The number of likely N-dealkylation sites (N-methyl/N-ethyl adjacent to an activating group) is 1. The normalized spacial score (nSPS) is 12.6. The average molecular weight is 275 g/mol. The summed E-state index contributed by atoms with van der Waals surface area (Å²) in [6.45, 7) is 2.16. The number of aliphatic hydroxyl groups is 1. The van der Waals surface area contributed by atoms with E-state index in [2.05, 4.69) is 5.32 Å². The van der Waals surface area contributed by atoms with E-state index in [9.17, 15) is 9.18 Å². The number of hydrogen-bond donors (Lipinski definition) is 2. The molecule has 4 nitrogen and oxygen atoms in total. The highest BCUT2D eigenvalue weighted by Gasteiger charge is 2.10. The number of carbonyl (C=O) groups is 1. The number of carbonyl (C=O) groups excluding carboxylic acids is 1. The van der Waals surface area contributed by atoms with E-state index in [0.717, 1.165) is 6.07 Å². The fourth-order valence-electron chi connectivity index (χ4n) is 1.54. The maximum Gasteiger partial charge on any atom is 0.238 e. The summed E-state index contributed by atoms with van der Waals surface area (Å²) < 4.78 is 12.8. The molecule has 0 radical (unpaired) electrons. The number of anilines is 1. The minimum Gasteiger partial charge on any atom is -0.392 e. The van der Waals surface area contributed by atoms with Crippen molar-refractivity contribution in [3.63, 3.8) is 0 Å². The SMILES string of the molecule is CC(O)CN(C)CC(=O)Nc1ccc(F)cc1Cl. The minimum atomic E-state index is -0.503. The molecule has 0 heterocycles. The van der Waals surface area contributed by atoms with Gasteiger partial charge in [-0.05, 0) is 32.2 Å². The van der Waals surface area contributed by atoms with Crippen molar-refractivity contribution in [3.05, 3.63) is 29.0 Å². The van der Waals surface area contributed by atoms with E-state index in [1.807, 2.05) is 0 Å². The molecule has 1 aromatic carbocycles. The Morgan fingerprint density at radius 3 is 2.83 bits per heavy atom. The topological polar surface area (TPSA) is 52.6 Å². The van der Waals surface area contributed by atoms with Crippen molar-refractivity contribution in [2.45, 2.75) is 13.0 Å². The van der Waals surface area contributed by atoms with Gasteiger partial charge in [0.25, 0.3) is 0 Å². The Hall–Kier alpha value is -1.17. The fourth-order valence-corrected chi connectivity index (χ4v) is 1.76. The summed E-state index contributed by atoms with van der Waals surface area (Å²) in [7, 11) is 1.72. The zero-order valence-corrected chi connectivity index (χ0v) is 11.0. The van der Waals surface area contributed by atoms with Gasteiger partial charge in [-0.2, -0.15) is 0 Å². The molecule has 1 amide bonds. The quantitative estimate of drug-likeness (QED) is 0.860. The second kappa shape index (κ2) is 6.68. The van der Waals surface area contributed by atoms with Gasteiger partial charge in [0.15, 0.2) is 0 Å². The van der Waals surface area contributed by atoms with Crippen LogP contribution < -0.4 is 5.32 Å². The summed E-state index contributed by atoms with van der Waals surface area (Å²) in [5.74, 6) is -0.726. The number of nitrogens with one attached hydrogen (secondary N) is 1. The molecular formula is C12H16ClFN2O2. The van der Waals surface area contributed by atoms with Gasteiger partial charge in [-0.1, -0.05) is 11.6 Å².